The molecule has 1 aromatic carbocycles. The summed E-state index contributed by atoms with van der Waals surface area (Å²) >= 11 is 0. The van der Waals surface area contributed by atoms with Crippen LogP contribution in [0.5, 0.6) is 0 Å². The number of amides is 2. The van der Waals surface area contributed by atoms with E-state index in [4.69, 9.17) is 0 Å². The maximum absolute atomic E-state index is 13.3. The van der Waals surface area contributed by atoms with Crippen molar-refractivity contribution in [1.82, 2.24) is 19.6 Å². The normalized spacial score (nSPS) is 20.7. The summed E-state index contributed by atoms with van der Waals surface area (Å²) in [6.07, 6.45) is 6.21. The zero-order valence-corrected chi connectivity index (χ0v) is 21.6. The van der Waals surface area contributed by atoms with E-state index in [1.807, 2.05) is 24.2 Å². The van der Waals surface area contributed by atoms with E-state index in [1.54, 1.807) is 10.9 Å². The zero-order valence-electron chi connectivity index (χ0n) is 21.6. The van der Waals surface area contributed by atoms with Crippen molar-refractivity contribution in [1.29, 1.82) is 0 Å². The average molecular weight is 465 g/mol. The Morgan fingerprint density at radius 1 is 1.09 bits per heavy atom. The molecule has 2 aliphatic rings. The SMILES string of the molecule is Cc1ccccc1C[C@H](C1CCN(C(=O)C2C(C)(C)C2(C)C)CC1)N(C)C(=O)Cn1cccn1. The number of piperidine rings is 1. The van der Waals surface area contributed by atoms with Gasteiger partial charge in [0.15, 0.2) is 0 Å². The minimum atomic E-state index is 0.0629. The average Bonchev–Trinajstić information content (AvgIpc) is 3.13. The van der Waals surface area contributed by atoms with Gasteiger partial charge in [-0.25, -0.2) is 0 Å². The van der Waals surface area contributed by atoms with Crippen LogP contribution in [0, 0.1) is 29.6 Å². The van der Waals surface area contributed by atoms with Crippen LogP contribution in [0.3, 0.4) is 0 Å². The zero-order chi connectivity index (χ0) is 24.7. The molecule has 6 nitrogen and oxygen atoms in total. The molecule has 2 aromatic rings. The topological polar surface area (TPSA) is 58.4 Å². The van der Waals surface area contributed by atoms with Crippen LogP contribution < -0.4 is 0 Å². The fourth-order valence-electron chi connectivity index (χ4n) is 6.01. The van der Waals surface area contributed by atoms with Gasteiger partial charge >= 0.3 is 0 Å². The van der Waals surface area contributed by atoms with Crippen LogP contribution in [0.15, 0.2) is 42.7 Å². The lowest BCUT2D eigenvalue weighted by molar-refractivity contribution is -0.138. The van der Waals surface area contributed by atoms with Crippen molar-refractivity contribution in [2.75, 3.05) is 20.1 Å². The Bertz CT molecular complexity index is 1000. The Labute approximate surface area is 204 Å². The monoisotopic (exact) mass is 464 g/mol. The molecule has 2 fully saturated rings. The molecule has 1 aliphatic heterocycles. The van der Waals surface area contributed by atoms with E-state index < -0.39 is 0 Å². The highest BCUT2D eigenvalue weighted by atomic mass is 16.2. The fourth-order valence-corrected chi connectivity index (χ4v) is 6.01. The standard InChI is InChI=1S/C28H40N4O2/c1-20-10-7-8-11-22(20)18-23(30(6)24(33)19-32-15-9-14-29-32)21-12-16-31(17-13-21)26(34)25-27(2,3)28(25,4)5/h7-11,14-15,21,23,25H,12-13,16-19H2,1-6H3/t23-/m1/s1. The van der Waals surface area contributed by atoms with Gasteiger partial charge in [-0.05, 0) is 60.1 Å². The predicted molar refractivity (Wildman–Crippen MR) is 134 cm³/mol. The molecular formula is C28H40N4O2. The number of likely N-dealkylation sites (N-methyl/N-ethyl adjacent to an activating group) is 1. The molecule has 4 rings (SSSR count). The number of benzene rings is 1. The van der Waals surface area contributed by atoms with Gasteiger partial charge in [-0.15, -0.1) is 0 Å². The quantitative estimate of drug-likeness (QED) is 0.618. The van der Waals surface area contributed by atoms with Crippen LogP contribution in [-0.4, -0.2) is 57.6 Å². The number of carbonyl (C=O) groups excluding carboxylic acids is 2. The number of nitrogens with zero attached hydrogens (tertiary/aromatic N) is 4. The summed E-state index contributed by atoms with van der Waals surface area (Å²) in [5.41, 5.74) is 2.67. The predicted octanol–water partition coefficient (Wildman–Crippen LogP) is 4.18. The number of likely N-dealkylation sites (tertiary alicyclic amines) is 1. The molecule has 1 aromatic heterocycles. The van der Waals surface area contributed by atoms with E-state index in [2.05, 4.69) is 68.9 Å². The number of hydrogen-bond acceptors (Lipinski definition) is 3. The third-order valence-electron chi connectivity index (χ3n) is 9.10. The molecule has 34 heavy (non-hydrogen) atoms. The number of aromatic nitrogens is 2. The van der Waals surface area contributed by atoms with E-state index in [-0.39, 0.29) is 35.2 Å². The van der Waals surface area contributed by atoms with Gasteiger partial charge in [0.05, 0.1) is 0 Å². The van der Waals surface area contributed by atoms with Crippen LogP contribution >= 0.6 is 0 Å². The van der Waals surface area contributed by atoms with Gasteiger partial charge in [0.25, 0.3) is 0 Å². The molecule has 0 bridgehead atoms. The molecule has 0 spiro atoms. The molecule has 1 atom stereocenters. The van der Waals surface area contributed by atoms with Gasteiger partial charge in [-0.2, -0.15) is 5.10 Å². The van der Waals surface area contributed by atoms with Crippen molar-refractivity contribution in [3.8, 4) is 0 Å². The van der Waals surface area contributed by atoms with Gasteiger partial charge in [-0.1, -0.05) is 52.0 Å². The summed E-state index contributed by atoms with van der Waals surface area (Å²) in [4.78, 5) is 30.5. The minimum absolute atomic E-state index is 0.0629. The highest BCUT2D eigenvalue weighted by Gasteiger charge is 2.68. The van der Waals surface area contributed by atoms with Crippen LogP contribution in [0.1, 0.15) is 51.7 Å². The Morgan fingerprint density at radius 3 is 2.29 bits per heavy atom. The van der Waals surface area contributed by atoms with Gasteiger partial charge in [0.2, 0.25) is 11.8 Å². The van der Waals surface area contributed by atoms with Crippen molar-refractivity contribution >= 4 is 11.8 Å². The number of rotatable bonds is 7. The molecular weight excluding hydrogens is 424 g/mol. The third-order valence-corrected chi connectivity index (χ3v) is 9.10. The van der Waals surface area contributed by atoms with Crippen molar-refractivity contribution in [3.05, 3.63) is 53.9 Å². The fraction of sp³-hybridized carbons (Fsp3) is 0.607. The van der Waals surface area contributed by atoms with E-state index in [9.17, 15) is 9.59 Å². The lowest BCUT2D eigenvalue weighted by Crippen LogP contribution is -2.49. The Morgan fingerprint density at radius 2 is 1.74 bits per heavy atom. The molecule has 6 heteroatoms. The van der Waals surface area contributed by atoms with Crippen LogP contribution in [0.4, 0.5) is 0 Å². The molecule has 2 amide bonds. The lowest BCUT2D eigenvalue weighted by atomic mass is 9.84. The summed E-state index contributed by atoms with van der Waals surface area (Å²) in [6.45, 7) is 12.8. The van der Waals surface area contributed by atoms with E-state index >= 15 is 0 Å². The second-order valence-corrected chi connectivity index (χ2v) is 11.4. The van der Waals surface area contributed by atoms with Gasteiger partial charge in [0, 0.05) is 44.5 Å². The molecule has 0 N–H and O–H groups in total. The van der Waals surface area contributed by atoms with Crippen LogP contribution in [-0.2, 0) is 22.6 Å². The summed E-state index contributed by atoms with van der Waals surface area (Å²) in [5, 5.41) is 4.21. The van der Waals surface area contributed by atoms with Crippen molar-refractivity contribution in [2.45, 2.75) is 66.5 Å². The highest BCUT2D eigenvalue weighted by molar-refractivity contribution is 5.84. The van der Waals surface area contributed by atoms with Crippen molar-refractivity contribution in [2.24, 2.45) is 22.7 Å². The Hall–Kier alpha value is -2.63. The molecule has 1 saturated carbocycles. The first-order chi connectivity index (χ1) is 16.0. The highest BCUT2D eigenvalue weighted by Crippen LogP contribution is 2.68. The molecule has 184 valence electrons. The molecule has 0 radical (unpaired) electrons. The van der Waals surface area contributed by atoms with Crippen molar-refractivity contribution in [3.63, 3.8) is 0 Å². The largest absolute Gasteiger partial charge is 0.342 e. The Kier molecular flexibility index (Phi) is 6.63. The summed E-state index contributed by atoms with van der Waals surface area (Å²) in [7, 11) is 1.93. The van der Waals surface area contributed by atoms with Crippen molar-refractivity contribution < 1.29 is 9.59 Å². The third kappa shape index (κ3) is 4.51. The van der Waals surface area contributed by atoms with Gasteiger partial charge < -0.3 is 9.80 Å². The number of carbonyl (C=O) groups is 2. The maximum Gasteiger partial charge on any atom is 0.244 e. The van der Waals surface area contributed by atoms with Crippen LogP contribution in [0.2, 0.25) is 0 Å². The molecule has 2 heterocycles. The smallest absolute Gasteiger partial charge is 0.244 e. The summed E-state index contributed by atoms with van der Waals surface area (Å²) in [6, 6.07) is 10.4. The molecule has 1 saturated heterocycles. The molecule has 1 aliphatic carbocycles. The van der Waals surface area contributed by atoms with E-state index in [0.29, 0.717) is 11.8 Å². The first kappa shape index (κ1) is 24.5. The Balaban J connectivity index is 1.46. The second kappa shape index (κ2) is 9.20. The van der Waals surface area contributed by atoms with E-state index in [0.717, 1.165) is 32.4 Å². The summed E-state index contributed by atoms with van der Waals surface area (Å²) < 4.78 is 1.68. The van der Waals surface area contributed by atoms with Gasteiger partial charge in [0.1, 0.15) is 6.54 Å². The number of aryl methyl sites for hydroxylation is 1. The lowest BCUT2D eigenvalue weighted by Gasteiger charge is -2.40. The van der Waals surface area contributed by atoms with Crippen LogP contribution in [0.25, 0.3) is 0 Å². The first-order valence-electron chi connectivity index (χ1n) is 12.6. The van der Waals surface area contributed by atoms with E-state index in [1.165, 1.54) is 11.1 Å². The summed E-state index contributed by atoms with van der Waals surface area (Å²) in [5.74, 6) is 0.849. The first-order valence-corrected chi connectivity index (χ1v) is 12.6. The second-order valence-electron chi connectivity index (χ2n) is 11.4. The van der Waals surface area contributed by atoms with Gasteiger partial charge in [-0.3, -0.25) is 14.3 Å². The maximum atomic E-state index is 13.3. The molecule has 0 unspecified atom stereocenters. The number of hydrogen-bond donors (Lipinski definition) is 0. The minimum Gasteiger partial charge on any atom is -0.342 e.